The van der Waals surface area contributed by atoms with E-state index in [4.69, 9.17) is 4.74 Å². The molecule has 0 bridgehead atoms. The van der Waals surface area contributed by atoms with Crippen molar-refractivity contribution in [2.24, 2.45) is 0 Å². The summed E-state index contributed by atoms with van der Waals surface area (Å²) in [6.07, 6.45) is 1.06. The Balaban J connectivity index is 1.62. The number of nitrogens with one attached hydrogen (secondary N) is 1. The van der Waals surface area contributed by atoms with Gasteiger partial charge in [0.1, 0.15) is 12.4 Å². The van der Waals surface area contributed by atoms with Crippen molar-refractivity contribution in [3.05, 3.63) is 94.0 Å². The molecule has 2 nitrogen and oxygen atoms in total. The van der Waals surface area contributed by atoms with Gasteiger partial charge in [-0.15, -0.1) is 0 Å². The lowest BCUT2D eigenvalue weighted by Gasteiger charge is -2.13. The molecule has 128 valence electrons. The molecule has 0 aliphatic heterocycles. The lowest BCUT2D eigenvalue weighted by Crippen LogP contribution is -2.03. The Morgan fingerprint density at radius 3 is 2.24 bits per heavy atom. The first-order chi connectivity index (χ1) is 12.2. The summed E-state index contributed by atoms with van der Waals surface area (Å²) < 4.78 is 7.11. The van der Waals surface area contributed by atoms with Gasteiger partial charge in [-0.2, -0.15) is 0 Å². The first-order valence-corrected chi connectivity index (χ1v) is 9.32. The minimum atomic E-state index is 0.565. The summed E-state index contributed by atoms with van der Waals surface area (Å²) in [4.78, 5) is 0. The Morgan fingerprint density at radius 1 is 0.840 bits per heavy atom. The van der Waals surface area contributed by atoms with E-state index >= 15 is 0 Å². The molecule has 3 aromatic rings. The third-order valence-electron chi connectivity index (χ3n) is 4.13. The van der Waals surface area contributed by atoms with Crippen LogP contribution in [0.15, 0.2) is 77.3 Å². The first-order valence-electron chi connectivity index (χ1n) is 8.52. The monoisotopic (exact) mass is 395 g/mol. The van der Waals surface area contributed by atoms with E-state index in [-0.39, 0.29) is 0 Å². The molecule has 0 aliphatic rings. The number of rotatable bonds is 7. The highest BCUT2D eigenvalue weighted by Crippen LogP contribution is 2.21. The van der Waals surface area contributed by atoms with Crippen molar-refractivity contribution in [1.29, 1.82) is 0 Å². The largest absolute Gasteiger partial charge is 0.489 e. The number of aryl methyl sites for hydroxylation is 1. The second-order valence-corrected chi connectivity index (χ2v) is 6.84. The molecule has 3 aromatic carbocycles. The van der Waals surface area contributed by atoms with Crippen LogP contribution in [0, 0.1) is 0 Å². The van der Waals surface area contributed by atoms with Gasteiger partial charge in [0.05, 0.1) is 0 Å². The molecule has 0 spiro atoms. The third kappa shape index (κ3) is 5.10. The molecular weight excluding hydrogens is 374 g/mol. The van der Waals surface area contributed by atoms with Crippen LogP contribution in [0.4, 0.5) is 5.69 Å². The number of halogens is 1. The Labute approximate surface area is 158 Å². The van der Waals surface area contributed by atoms with Crippen LogP contribution in [0.2, 0.25) is 0 Å². The van der Waals surface area contributed by atoms with Gasteiger partial charge >= 0.3 is 0 Å². The number of ether oxygens (including phenoxy) is 1. The Morgan fingerprint density at radius 2 is 1.52 bits per heavy atom. The van der Waals surface area contributed by atoms with Crippen LogP contribution in [0.1, 0.15) is 23.6 Å². The predicted octanol–water partition coefficient (Wildman–Crippen LogP) is 6.20. The minimum Gasteiger partial charge on any atom is -0.489 e. The molecule has 0 saturated heterocycles. The molecule has 0 atom stereocenters. The van der Waals surface area contributed by atoms with Crippen molar-refractivity contribution in [2.45, 2.75) is 26.5 Å². The Kier molecular flexibility index (Phi) is 6.13. The summed E-state index contributed by atoms with van der Waals surface area (Å²) in [5, 5.41) is 3.47. The van der Waals surface area contributed by atoms with Crippen molar-refractivity contribution in [3.8, 4) is 5.75 Å². The smallest absolute Gasteiger partial charge is 0.124 e. The van der Waals surface area contributed by atoms with Gasteiger partial charge in [-0.25, -0.2) is 0 Å². The number of hydrogen-bond donors (Lipinski definition) is 1. The van der Waals surface area contributed by atoms with E-state index in [1.807, 2.05) is 30.3 Å². The maximum absolute atomic E-state index is 6.03. The van der Waals surface area contributed by atoms with Crippen molar-refractivity contribution in [3.63, 3.8) is 0 Å². The molecule has 0 saturated carbocycles. The molecule has 0 amide bonds. The van der Waals surface area contributed by atoms with Gasteiger partial charge in [-0.3, -0.25) is 0 Å². The highest BCUT2D eigenvalue weighted by Gasteiger charge is 2.04. The summed E-state index contributed by atoms with van der Waals surface area (Å²) in [5.74, 6) is 0.920. The van der Waals surface area contributed by atoms with E-state index in [0.29, 0.717) is 6.61 Å². The van der Waals surface area contributed by atoms with Crippen LogP contribution < -0.4 is 10.1 Å². The second-order valence-electron chi connectivity index (χ2n) is 5.93. The van der Waals surface area contributed by atoms with Crippen LogP contribution in [0.5, 0.6) is 5.75 Å². The van der Waals surface area contributed by atoms with Gasteiger partial charge in [-0.1, -0.05) is 65.3 Å². The standard InChI is InChI=1S/C22H22BrNO/c1-2-17-9-13-21(14-10-17)24-15-19-5-3-4-6-22(19)25-16-18-7-11-20(23)12-8-18/h3-14,24H,2,15-16H2,1H3. The number of benzene rings is 3. The third-order valence-corrected chi connectivity index (χ3v) is 4.65. The normalized spacial score (nSPS) is 10.5. The molecule has 0 aliphatic carbocycles. The van der Waals surface area contributed by atoms with E-state index in [0.717, 1.165) is 40.0 Å². The SMILES string of the molecule is CCc1ccc(NCc2ccccc2OCc2ccc(Br)cc2)cc1. The molecule has 1 N–H and O–H groups in total. The predicted molar refractivity (Wildman–Crippen MR) is 108 cm³/mol. The van der Waals surface area contributed by atoms with E-state index in [9.17, 15) is 0 Å². The van der Waals surface area contributed by atoms with Gasteiger partial charge in [0.15, 0.2) is 0 Å². The molecule has 3 rings (SSSR count). The maximum atomic E-state index is 6.03. The second kappa shape index (κ2) is 8.72. The quantitative estimate of drug-likeness (QED) is 0.513. The average molecular weight is 396 g/mol. The molecular formula is C22H22BrNO. The summed E-state index contributed by atoms with van der Waals surface area (Å²) in [7, 11) is 0. The molecule has 3 heteroatoms. The van der Waals surface area contributed by atoms with E-state index < -0.39 is 0 Å². The topological polar surface area (TPSA) is 21.3 Å². The summed E-state index contributed by atoms with van der Waals surface area (Å²) in [6, 6.07) is 25.0. The van der Waals surface area contributed by atoms with Crippen molar-refractivity contribution in [1.82, 2.24) is 0 Å². The van der Waals surface area contributed by atoms with Crippen molar-refractivity contribution in [2.75, 3.05) is 5.32 Å². The highest BCUT2D eigenvalue weighted by atomic mass is 79.9. The zero-order valence-corrected chi connectivity index (χ0v) is 15.9. The molecule has 0 heterocycles. The van der Waals surface area contributed by atoms with Crippen LogP contribution in [-0.2, 0) is 19.6 Å². The Bertz CT molecular complexity index is 797. The van der Waals surface area contributed by atoms with Gasteiger partial charge in [0.25, 0.3) is 0 Å². The zero-order chi connectivity index (χ0) is 17.5. The summed E-state index contributed by atoms with van der Waals surface area (Å²) >= 11 is 3.46. The first kappa shape index (κ1) is 17.6. The van der Waals surface area contributed by atoms with E-state index in [1.54, 1.807) is 0 Å². The minimum absolute atomic E-state index is 0.565. The van der Waals surface area contributed by atoms with Gasteiger partial charge in [0, 0.05) is 22.3 Å². The van der Waals surface area contributed by atoms with Crippen molar-refractivity contribution >= 4 is 21.6 Å². The Hall–Kier alpha value is -2.26. The fourth-order valence-electron chi connectivity index (χ4n) is 2.59. The van der Waals surface area contributed by atoms with Crippen LogP contribution in [0.25, 0.3) is 0 Å². The van der Waals surface area contributed by atoms with Crippen molar-refractivity contribution < 1.29 is 4.74 Å². The zero-order valence-electron chi connectivity index (χ0n) is 14.3. The van der Waals surface area contributed by atoms with Gasteiger partial charge in [-0.05, 0) is 47.9 Å². The highest BCUT2D eigenvalue weighted by molar-refractivity contribution is 9.10. The lowest BCUT2D eigenvalue weighted by atomic mass is 10.1. The van der Waals surface area contributed by atoms with Crippen LogP contribution in [0.3, 0.4) is 0 Å². The summed E-state index contributed by atoms with van der Waals surface area (Å²) in [6.45, 7) is 3.47. The van der Waals surface area contributed by atoms with E-state index in [1.165, 1.54) is 5.56 Å². The average Bonchev–Trinajstić information content (AvgIpc) is 2.67. The number of anilines is 1. The molecule has 0 unspecified atom stereocenters. The molecule has 0 fully saturated rings. The van der Waals surface area contributed by atoms with Gasteiger partial charge in [0.2, 0.25) is 0 Å². The fourth-order valence-corrected chi connectivity index (χ4v) is 2.85. The fraction of sp³-hybridized carbons (Fsp3) is 0.182. The van der Waals surface area contributed by atoms with Gasteiger partial charge < -0.3 is 10.1 Å². The number of para-hydroxylation sites is 1. The van der Waals surface area contributed by atoms with Crippen LogP contribution in [-0.4, -0.2) is 0 Å². The van der Waals surface area contributed by atoms with Crippen LogP contribution >= 0.6 is 15.9 Å². The molecule has 0 aromatic heterocycles. The molecule has 0 radical (unpaired) electrons. The maximum Gasteiger partial charge on any atom is 0.124 e. The summed E-state index contributed by atoms with van der Waals surface area (Å²) in [5.41, 5.74) is 4.78. The molecule has 25 heavy (non-hydrogen) atoms. The van der Waals surface area contributed by atoms with E-state index in [2.05, 4.69) is 70.6 Å². The lowest BCUT2D eigenvalue weighted by molar-refractivity contribution is 0.303. The number of hydrogen-bond acceptors (Lipinski definition) is 2.